The van der Waals surface area contributed by atoms with E-state index < -0.39 is 5.91 Å². The van der Waals surface area contributed by atoms with Crippen LogP contribution in [0.2, 0.25) is 5.02 Å². The van der Waals surface area contributed by atoms with E-state index in [1.54, 1.807) is 6.07 Å². The van der Waals surface area contributed by atoms with E-state index >= 15 is 0 Å². The van der Waals surface area contributed by atoms with Gasteiger partial charge in [0.15, 0.2) is 0 Å². The number of carbonyl (C=O) groups is 1. The van der Waals surface area contributed by atoms with Gasteiger partial charge in [-0.25, -0.2) is 0 Å². The minimum atomic E-state index is -0.526. The van der Waals surface area contributed by atoms with Gasteiger partial charge in [-0.3, -0.25) is 4.79 Å². The molecule has 13 heavy (non-hydrogen) atoms. The van der Waals surface area contributed by atoms with E-state index in [-0.39, 0.29) is 0 Å². The lowest BCUT2D eigenvalue weighted by molar-refractivity contribution is 0.0999. The highest BCUT2D eigenvalue weighted by Gasteiger charge is 2.10. The molecule has 0 radical (unpaired) electrons. The highest BCUT2D eigenvalue weighted by atomic mass is 79.9. The Hall–Kier alpha value is -0.740. The summed E-state index contributed by atoms with van der Waals surface area (Å²) in [7, 11) is 1.47. The van der Waals surface area contributed by atoms with Crippen LogP contribution in [-0.4, -0.2) is 13.0 Å². The van der Waals surface area contributed by atoms with Crippen molar-refractivity contribution in [2.45, 2.75) is 0 Å². The van der Waals surface area contributed by atoms with Crippen molar-refractivity contribution < 1.29 is 9.53 Å². The van der Waals surface area contributed by atoms with Crippen LogP contribution in [0.1, 0.15) is 10.4 Å². The van der Waals surface area contributed by atoms with Crippen LogP contribution in [0.15, 0.2) is 16.6 Å². The Kier molecular flexibility index (Phi) is 3.17. The van der Waals surface area contributed by atoms with Gasteiger partial charge >= 0.3 is 0 Å². The molecule has 1 aromatic carbocycles. The molecule has 0 aliphatic rings. The van der Waals surface area contributed by atoms with Crippen molar-refractivity contribution in [2.75, 3.05) is 7.11 Å². The quantitative estimate of drug-likeness (QED) is 0.890. The third-order valence-corrected chi connectivity index (χ3v) is 2.46. The molecule has 0 unspecified atom stereocenters. The van der Waals surface area contributed by atoms with Crippen molar-refractivity contribution in [1.29, 1.82) is 0 Å². The van der Waals surface area contributed by atoms with Crippen molar-refractivity contribution in [3.05, 3.63) is 27.2 Å². The lowest BCUT2D eigenvalue weighted by Gasteiger charge is -2.06. The molecule has 0 aliphatic heterocycles. The Morgan fingerprint density at radius 1 is 1.62 bits per heavy atom. The van der Waals surface area contributed by atoms with E-state index in [0.717, 1.165) is 0 Å². The second-order valence-electron chi connectivity index (χ2n) is 2.33. The maximum Gasteiger partial charge on any atom is 0.249 e. The summed E-state index contributed by atoms with van der Waals surface area (Å²) in [6, 6.07) is 3.06. The van der Waals surface area contributed by atoms with Gasteiger partial charge in [0.25, 0.3) is 0 Å². The number of halogens is 2. The molecule has 0 atom stereocenters. The molecule has 70 valence electrons. The minimum Gasteiger partial charge on any atom is -0.495 e. The van der Waals surface area contributed by atoms with Gasteiger partial charge in [-0.15, -0.1) is 0 Å². The van der Waals surface area contributed by atoms with Gasteiger partial charge < -0.3 is 10.5 Å². The summed E-state index contributed by atoms with van der Waals surface area (Å²) in [5.41, 5.74) is 5.47. The molecule has 0 saturated heterocycles. The van der Waals surface area contributed by atoms with E-state index in [9.17, 15) is 4.79 Å². The fraction of sp³-hybridized carbons (Fsp3) is 0.125. The van der Waals surface area contributed by atoms with Crippen LogP contribution in [0.25, 0.3) is 0 Å². The molecule has 1 amide bonds. The maximum absolute atomic E-state index is 10.9. The first-order valence-electron chi connectivity index (χ1n) is 3.39. The first kappa shape index (κ1) is 10.3. The molecule has 2 N–H and O–H groups in total. The number of hydrogen-bond donors (Lipinski definition) is 1. The van der Waals surface area contributed by atoms with E-state index in [2.05, 4.69) is 15.9 Å². The Labute approximate surface area is 88.9 Å². The van der Waals surface area contributed by atoms with Crippen molar-refractivity contribution in [3.8, 4) is 5.75 Å². The number of carbonyl (C=O) groups excluding carboxylic acids is 1. The van der Waals surface area contributed by atoms with E-state index in [4.69, 9.17) is 22.1 Å². The van der Waals surface area contributed by atoms with Crippen molar-refractivity contribution >= 4 is 33.4 Å². The molecule has 1 rings (SSSR count). The molecule has 0 aromatic heterocycles. The number of methoxy groups -OCH3 is 1. The smallest absolute Gasteiger partial charge is 0.249 e. The lowest BCUT2D eigenvalue weighted by atomic mass is 10.2. The van der Waals surface area contributed by atoms with Gasteiger partial charge in [0.2, 0.25) is 5.91 Å². The first-order valence-corrected chi connectivity index (χ1v) is 4.56. The number of ether oxygens (including phenoxy) is 1. The largest absolute Gasteiger partial charge is 0.495 e. The van der Waals surface area contributed by atoms with Gasteiger partial charge in [-0.05, 0) is 28.1 Å². The lowest BCUT2D eigenvalue weighted by Crippen LogP contribution is -2.11. The van der Waals surface area contributed by atoms with Crippen molar-refractivity contribution in [2.24, 2.45) is 5.73 Å². The average Bonchev–Trinajstić information content (AvgIpc) is 2.03. The molecule has 5 heteroatoms. The SMILES string of the molecule is COc1cc(C(N)=O)c(Br)cc1Cl. The third-order valence-electron chi connectivity index (χ3n) is 1.51. The fourth-order valence-electron chi connectivity index (χ4n) is 0.874. The van der Waals surface area contributed by atoms with Crippen LogP contribution in [0.5, 0.6) is 5.75 Å². The summed E-state index contributed by atoms with van der Waals surface area (Å²) >= 11 is 8.97. The van der Waals surface area contributed by atoms with E-state index in [0.29, 0.717) is 20.8 Å². The van der Waals surface area contributed by atoms with Gasteiger partial charge in [-0.2, -0.15) is 0 Å². The predicted molar refractivity (Wildman–Crippen MR) is 54.2 cm³/mol. The second kappa shape index (κ2) is 3.98. The summed E-state index contributed by atoms with van der Waals surface area (Å²) in [5, 5.41) is 0.430. The zero-order chi connectivity index (χ0) is 10.0. The second-order valence-corrected chi connectivity index (χ2v) is 3.59. The van der Waals surface area contributed by atoms with Gasteiger partial charge in [0.05, 0.1) is 17.7 Å². The van der Waals surface area contributed by atoms with Crippen LogP contribution < -0.4 is 10.5 Å². The number of nitrogens with two attached hydrogens (primary N) is 1. The van der Waals surface area contributed by atoms with Gasteiger partial charge in [0, 0.05) is 4.47 Å². The Bertz CT molecular complexity index is 354. The first-order chi connectivity index (χ1) is 6.06. The molecule has 0 fully saturated rings. The van der Waals surface area contributed by atoms with Gasteiger partial charge in [-0.1, -0.05) is 11.6 Å². The highest BCUT2D eigenvalue weighted by Crippen LogP contribution is 2.30. The Morgan fingerprint density at radius 3 is 2.69 bits per heavy atom. The molecule has 1 aromatic rings. The van der Waals surface area contributed by atoms with Crippen LogP contribution in [-0.2, 0) is 0 Å². The van der Waals surface area contributed by atoms with Crippen LogP contribution in [0, 0.1) is 0 Å². The molecular weight excluding hydrogens is 257 g/mol. The number of hydrogen-bond acceptors (Lipinski definition) is 2. The standard InChI is InChI=1S/C8H7BrClNO2/c1-13-7-2-4(8(11)12)5(9)3-6(7)10/h2-3H,1H3,(H2,11,12). The Balaban J connectivity index is 3.30. The fourth-order valence-corrected chi connectivity index (χ4v) is 1.79. The maximum atomic E-state index is 10.9. The molecule has 0 spiro atoms. The molecular formula is C8H7BrClNO2. The van der Waals surface area contributed by atoms with E-state index in [1.165, 1.54) is 13.2 Å². The summed E-state index contributed by atoms with van der Waals surface area (Å²) < 4.78 is 5.49. The number of primary amides is 1. The summed E-state index contributed by atoms with van der Waals surface area (Å²) in [6.07, 6.45) is 0. The minimum absolute atomic E-state index is 0.348. The number of benzene rings is 1. The number of amides is 1. The van der Waals surface area contributed by atoms with Crippen LogP contribution in [0.3, 0.4) is 0 Å². The molecule has 0 heterocycles. The number of rotatable bonds is 2. The summed E-state index contributed by atoms with van der Waals surface area (Å²) in [4.78, 5) is 10.9. The normalized spacial score (nSPS) is 9.77. The van der Waals surface area contributed by atoms with E-state index in [1.807, 2.05) is 0 Å². The van der Waals surface area contributed by atoms with Crippen molar-refractivity contribution in [1.82, 2.24) is 0 Å². The Morgan fingerprint density at radius 2 is 2.23 bits per heavy atom. The van der Waals surface area contributed by atoms with Gasteiger partial charge in [0.1, 0.15) is 5.75 Å². The zero-order valence-electron chi connectivity index (χ0n) is 6.80. The average molecular weight is 265 g/mol. The molecule has 0 aliphatic carbocycles. The monoisotopic (exact) mass is 263 g/mol. The summed E-state index contributed by atoms with van der Waals surface area (Å²) in [6.45, 7) is 0. The van der Waals surface area contributed by atoms with Crippen LogP contribution in [0.4, 0.5) is 0 Å². The highest BCUT2D eigenvalue weighted by molar-refractivity contribution is 9.10. The predicted octanol–water partition coefficient (Wildman–Crippen LogP) is 2.21. The zero-order valence-corrected chi connectivity index (χ0v) is 9.15. The van der Waals surface area contributed by atoms with Crippen LogP contribution >= 0.6 is 27.5 Å². The third kappa shape index (κ3) is 2.14. The van der Waals surface area contributed by atoms with Crippen molar-refractivity contribution in [3.63, 3.8) is 0 Å². The molecule has 3 nitrogen and oxygen atoms in total. The summed E-state index contributed by atoms with van der Waals surface area (Å²) in [5.74, 6) is -0.0968. The topological polar surface area (TPSA) is 52.3 Å². The molecule has 0 bridgehead atoms. The molecule has 0 saturated carbocycles.